The lowest BCUT2D eigenvalue weighted by atomic mass is 9.58. The fourth-order valence-electron chi connectivity index (χ4n) is 11.2. The van der Waals surface area contributed by atoms with Crippen LogP contribution in [0.1, 0.15) is 33.9 Å². The molecular weight excluding hydrogens is 787 g/mol. The van der Waals surface area contributed by atoms with Crippen molar-refractivity contribution in [1.82, 2.24) is 0 Å². The minimum atomic E-state index is -0.488. The third-order valence-corrected chi connectivity index (χ3v) is 14.1. The van der Waals surface area contributed by atoms with Gasteiger partial charge in [0, 0.05) is 39.5 Å². The van der Waals surface area contributed by atoms with Gasteiger partial charge in [0.1, 0.15) is 11.9 Å². The van der Waals surface area contributed by atoms with Crippen molar-refractivity contribution in [3.63, 3.8) is 0 Å². The van der Waals surface area contributed by atoms with E-state index in [9.17, 15) is 0 Å². The largest absolute Gasteiger partial charge is 0.484 e. The SMILES string of the molecule is C1=CC2C(Oc3c(ccc4ccccc34)C23c2ccccc2-c2ccc(-c4ccc(N(c5ccccc5)c5cc(-c6ccccc6)cc(-c6ccccc6)c5)cc4)cc23)c2ccccc21. The fourth-order valence-corrected chi connectivity index (χ4v) is 11.2. The Morgan fingerprint density at radius 2 is 0.985 bits per heavy atom. The van der Waals surface area contributed by atoms with Gasteiger partial charge in [0.2, 0.25) is 0 Å². The normalized spacial score (nSPS) is 17.4. The molecule has 1 heterocycles. The second kappa shape index (κ2) is 15.0. The van der Waals surface area contributed by atoms with Crippen LogP contribution in [0.4, 0.5) is 17.1 Å². The second-order valence-corrected chi connectivity index (χ2v) is 17.5. The number of nitrogens with zero attached hydrogens (tertiary/aromatic N) is 1. The van der Waals surface area contributed by atoms with E-state index in [2.05, 4.69) is 254 Å². The molecule has 65 heavy (non-hydrogen) atoms. The summed E-state index contributed by atoms with van der Waals surface area (Å²) in [5.41, 5.74) is 18.8. The summed E-state index contributed by atoms with van der Waals surface area (Å²) in [7, 11) is 0. The van der Waals surface area contributed by atoms with E-state index in [0.717, 1.165) is 28.2 Å². The Hall–Kier alpha value is -8.20. The first-order valence-electron chi connectivity index (χ1n) is 22.6. The van der Waals surface area contributed by atoms with Crippen LogP contribution in [0.15, 0.2) is 243 Å². The molecule has 0 amide bonds. The quantitative estimate of drug-likeness (QED) is 0.166. The molecule has 0 saturated carbocycles. The van der Waals surface area contributed by atoms with Gasteiger partial charge in [0.25, 0.3) is 0 Å². The van der Waals surface area contributed by atoms with Crippen LogP contribution >= 0.6 is 0 Å². The Morgan fingerprint density at radius 3 is 1.75 bits per heavy atom. The summed E-state index contributed by atoms with van der Waals surface area (Å²) in [6.07, 6.45) is 4.60. The average Bonchev–Trinajstić information content (AvgIpc) is 3.67. The summed E-state index contributed by atoms with van der Waals surface area (Å²) in [5.74, 6) is 1.01. The van der Waals surface area contributed by atoms with E-state index in [4.69, 9.17) is 4.74 Å². The number of hydrogen-bond acceptors (Lipinski definition) is 2. The van der Waals surface area contributed by atoms with Gasteiger partial charge in [-0.05, 0) is 115 Å². The Bertz CT molecular complexity index is 3410. The number of anilines is 3. The van der Waals surface area contributed by atoms with Crippen LogP contribution in [0.3, 0.4) is 0 Å². The smallest absolute Gasteiger partial charge is 0.132 e. The van der Waals surface area contributed by atoms with E-state index in [1.54, 1.807) is 0 Å². The van der Waals surface area contributed by atoms with Gasteiger partial charge >= 0.3 is 0 Å². The van der Waals surface area contributed by atoms with E-state index in [-0.39, 0.29) is 12.0 Å². The van der Waals surface area contributed by atoms with Gasteiger partial charge in [0.05, 0.1) is 5.41 Å². The van der Waals surface area contributed by atoms with E-state index in [1.165, 1.54) is 77.7 Å². The molecule has 306 valence electrons. The van der Waals surface area contributed by atoms with Crippen LogP contribution in [0.5, 0.6) is 5.75 Å². The van der Waals surface area contributed by atoms with Crippen molar-refractivity contribution >= 4 is 33.9 Å². The zero-order valence-electron chi connectivity index (χ0n) is 35.7. The van der Waals surface area contributed by atoms with Gasteiger partial charge in [-0.1, -0.05) is 200 Å². The first-order chi connectivity index (χ1) is 32.2. The molecule has 3 aliphatic rings. The van der Waals surface area contributed by atoms with Crippen LogP contribution < -0.4 is 9.64 Å². The highest BCUT2D eigenvalue weighted by Crippen LogP contribution is 2.65. The highest BCUT2D eigenvalue weighted by molar-refractivity contribution is 5.95. The molecule has 2 heteroatoms. The molecular formula is C63H43NO. The minimum Gasteiger partial charge on any atom is -0.484 e. The van der Waals surface area contributed by atoms with Crippen molar-refractivity contribution < 1.29 is 4.74 Å². The van der Waals surface area contributed by atoms with Gasteiger partial charge in [-0.25, -0.2) is 0 Å². The molecule has 0 fully saturated rings. The lowest BCUT2D eigenvalue weighted by Gasteiger charge is -2.49. The summed E-state index contributed by atoms with van der Waals surface area (Å²) in [6, 6.07) is 86.6. The maximum atomic E-state index is 7.32. The molecule has 0 radical (unpaired) electrons. The summed E-state index contributed by atoms with van der Waals surface area (Å²) in [6.45, 7) is 0. The van der Waals surface area contributed by atoms with Crippen LogP contribution in [0, 0.1) is 5.92 Å². The van der Waals surface area contributed by atoms with Crippen LogP contribution in [0.25, 0.3) is 61.4 Å². The van der Waals surface area contributed by atoms with Crippen molar-refractivity contribution in [3.05, 3.63) is 270 Å². The number of hydrogen-bond donors (Lipinski definition) is 0. The molecule has 2 nitrogen and oxygen atoms in total. The van der Waals surface area contributed by atoms with E-state index >= 15 is 0 Å². The van der Waals surface area contributed by atoms with Gasteiger partial charge in [0.15, 0.2) is 0 Å². The van der Waals surface area contributed by atoms with Crippen molar-refractivity contribution in [2.45, 2.75) is 11.5 Å². The molecule has 0 aromatic heterocycles. The number of rotatable bonds is 6. The first-order valence-corrected chi connectivity index (χ1v) is 22.6. The Balaban J connectivity index is 0.973. The zero-order chi connectivity index (χ0) is 42.9. The molecule has 1 aliphatic heterocycles. The van der Waals surface area contributed by atoms with Gasteiger partial charge in [-0.2, -0.15) is 0 Å². The number of fused-ring (bicyclic) bond motifs is 13. The monoisotopic (exact) mass is 829 g/mol. The zero-order valence-corrected chi connectivity index (χ0v) is 35.7. The second-order valence-electron chi connectivity index (χ2n) is 17.5. The number of benzene rings is 10. The topological polar surface area (TPSA) is 12.5 Å². The van der Waals surface area contributed by atoms with Gasteiger partial charge in [-0.15, -0.1) is 0 Å². The van der Waals surface area contributed by atoms with Crippen molar-refractivity contribution in [3.8, 4) is 50.3 Å². The van der Waals surface area contributed by atoms with Crippen LogP contribution in [-0.2, 0) is 5.41 Å². The third kappa shape index (κ3) is 5.88. The maximum Gasteiger partial charge on any atom is 0.132 e. The molecule has 0 saturated heterocycles. The summed E-state index contributed by atoms with van der Waals surface area (Å²) >= 11 is 0. The number of ether oxygens (including phenoxy) is 1. The molecule has 3 atom stereocenters. The molecule has 0 N–H and O–H groups in total. The summed E-state index contributed by atoms with van der Waals surface area (Å²) < 4.78 is 7.32. The maximum absolute atomic E-state index is 7.32. The van der Waals surface area contributed by atoms with Crippen molar-refractivity contribution in [2.75, 3.05) is 4.90 Å². The molecule has 3 unspecified atom stereocenters. The third-order valence-electron chi connectivity index (χ3n) is 14.1. The highest BCUT2D eigenvalue weighted by atomic mass is 16.5. The Morgan fingerprint density at radius 1 is 0.385 bits per heavy atom. The van der Waals surface area contributed by atoms with Crippen LogP contribution in [-0.4, -0.2) is 0 Å². The standard InChI is InChI=1S/C63H43NO/c1-4-16-42(17-5-1)48-38-49(43-18-6-2-7-19-43)40-52(39-48)64(50-22-8-3-9-23-50)51-33-28-44(29-34-51)47-30-35-56-55-26-14-15-27-57(55)63(60(56)41-47)58-36-31-45-20-10-12-24-53(45)61(58)65-62-54-25-13-11-21-46(54)32-37-59(62)63/h1-41,58,61H. The van der Waals surface area contributed by atoms with E-state index in [1.807, 2.05) is 0 Å². The lowest BCUT2D eigenvalue weighted by molar-refractivity contribution is 0.105. The van der Waals surface area contributed by atoms with Gasteiger partial charge in [-0.3, -0.25) is 0 Å². The van der Waals surface area contributed by atoms with Crippen molar-refractivity contribution in [1.29, 1.82) is 0 Å². The molecule has 0 bridgehead atoms. The molecule has 10 aromatic carbocycles. The predicted molar refractivity (Wildman–Crippen MR) is 269 cm³/mol. The average molecular weight is 830 g/mol. The van der Waals surface area contributed by atoms with E-state index < -0.39 is 5.41 Å². The lowest BCUT2D eigenvalue weighted by Crippen LogP contribution is -2.45. The Kier molecular flexibility index (Phi) is 8.60. The highest BCUT2D eigenvalue weighted by Gasteiger charge is 2.57. The number of para-hydroxylation sites is 1. The molecule has 10 aromatic rings. The first kappa shape index (κ1) is 37.4. The van der Waals surface area contributed by atoms with Crippen molar-refractivity contribution in [2.24, 2.45) is 5.92 Å². The minimum absolute atomic E-state index is 0.0259. The predicted octanol–water partition coefficient (Wildman–Crippen LogP) is 16.4. The summed E-state index contributed by atoms with van der Waals surface area (Å²) in [4.78, 5) is 2.38. The molecule has 13 rings (SSSR count). The van der Waals surface area contributed by atoms with E-state index in [0.29, 0.717) is 0 Å². The fraction of sp³-hybridized carbons (Fsp3) is 0.0476. The Labute approximate surface area is 380 Å². The summed E-state index contributed by atoms with van der Waals surface area (Å²) in [5, 5.41) is 2.34. The van der Waals surface area contributed by atoms with Crippen LogP contribution in [0.2, 0.25) is 0 Å². The van der Waals surface area contributed by atoms with Gasteiger partial charge < -0.3 is 9.64 Å². The molecule has 1 spiro atoms. The molecule has 2 aliphatic carbocycles.